The van der Waals surface area contributed by atoms with Gasteiger partial charge in [-0.2, -0.15) is 0 Å². The lowest BCUT2D eigenvalue weighted by molar-refractivity contribution is 0.252. The molecule has 6 heteroatoms. The summed E-state index contributed by atoms with van der Waals surface area (Å²) < 4.78 is 10.3. The van der Waals surface area contributed by atoms with Crippen LogP contribution in [0.4, 0.5) is 10.5 Å². The van der Waals surface area contributed by atoms with E-state index in [4.69, 9.17) is 21.1 Å². The summed E-state index contributed by atoms with van der Waals surface area (Å²) in [7, 11) is 3.04. The number of anilines is 1. The number of benzene rings is 1. The third-order valence-electron chi connectivity index (χ3n) is 2.54. The lowest BCUT2D eigenvalue weighted by Gasteiger charge is -2.13. The van der Waals surface area contributed by atoms with E-state index in [1.807, 2.05) is 0 Å². The highest BCUT2D eigenvalue weighted by Gasteiger charge is 2.12. The summed E-state index contributed by atoms with van der Waals surface area (Å²) in [4.78, 5) is 11.7. The van der Waals surface area contributed by atoms with Crippen LogP contribution in [0.1, 0.15) is 19.8 Å². The Morgan fingerprint density at radius 2 is 1.95 bits per heavy atom. The number of ether oxygens (including phenoxy) is 2. The van der Waals surface area contributed by atoms with E-state index in [2.05, 4.69) is 17.6 Å². The Bertz CT molecular complexity index is 438. The van der Waals surface area contributed by atoms with Crippen molar-refractivity contribution in [1.82, 2.24) is 5.32 Å². The summed E-state index contributed by atoms with van der Waals surface area (Å²) in [5.41, 5.74) is 0.502. The first-order valence-corrected chi connectivity index (χ1v) is 6.46. The van der Waals surface area contributed by atoms with E-state index >= 15 is 0 Å². The summed E-state index contributed by atoms with van der Waals surface area (Å²) in [6.45, 7) is 2.69. The molecule has 106 valence electrons. The number of unbranched alkanes of at least 4 members (excludes halogenated alkanes) is 1. The van der Waals surface area contributed by atoms with Crippen LogP contribution in [0.25, 0.3) is 0 Å². The maximum absolute atomic E-state index is 11.7. The first-order chi connectivity index (χ1) is 9.12. The number of hydrogen-bond donors (Lipinski definition) is 2. The second kappa shape index (κ2) is 7.74. The highest BCUT2D eigenvalue weighted by atomic mass is 35.5. The number of methoxy groups -OCH3 is 2. The molecule has 2 N–H and O–H groups in total. The van der Waals surface area contributed by atoms with Crippen LogP contribution in [0.2, 0.25) is 5.02 Å². The molecule has 0 heterocycles. The zero-order valence-electron chi connectivity index (χ0n) is 11.4. The fraction of sp³-hybridized carbons (Fsp3) is 0.462. The third kappa shape index (κ3) is 4.52. The quantitative estimate of drug-likeness (QED) is 0.789. The average Bonchev–Trinajstić information content (AvgIpc) is 2.39. The van der Waals surface area contributed by atoms with Crippen LogP contribution in [0.3, 0.4) is 0 Å². The van der Waals surface area contributed by atoms with E-state index in [9.17, 15) is 4.79 Å². The SMILES string of the molecule is CCCCNC(=O)Nc1cc(Cl)c(OC)cc1OC. The number of nitrogens with one attached hydrogen (secondary N) is 2. The van der Waals surface area contributed by atoms with Gasteiger partial charge in [0.2, 0.25) is 0 Å². The number of halogens is 1. The molecule has 0 atom stereocenters. The number of carbonyl (C=O) groups is 1. The van der Waals surface area contributed by atoms with E-state index in [0.29, 0.717) is 28.8 Å². The molecule has 0 bridgehead atoms. The van der Waals surface area contributed by atoms with Gasteiger partial charge in [0.15, 0.2) is 0 Å². The van der Waals surface area contributed by atoms with E-state index in [1.54, 1.807) is 12.1 Å². The van der Waals surface area contributed by atoms with Crippen molar-refractivity contribution in [2.75, 3.05) is 26.1 Å². The van der Waals surface area contributed by atoms with Crippen LogP contribution in [-0.2, 0) is 0 Å². The Labute approximate surface area is 118 Å². The van der Waals surface area contributed by atoms with Gasteiger partial charge in [0.1, 0.15) is 11.5 Å². The van der Waals surface area contributed by atoms with Crippen LogP contribution < -0.4 is 20.1 Å². The van der Waals surface area contributed by atoms with Gasteiger partial charge < -0.3 is 20.1 Å². The second-order valence-electron chi connectivity index (χ2n) is 3.92. The van der Waals surface area contributed by atoms with Gasteiger partial charge in [-0.1, -0.05) is 24.9 Å². The summed E-state index contributed by atoms with van der Waals surface area (Å²) in [6.07, 6.45) is 1.96. The number of carbonyl (C=O) groups excluding carboxylic acids is 1. The minimum Gasteiger partial charge on any atom is -0.495 e. The number of rotatable bonds is 6. The molecule has 0 unspecified atom stereocenters. The Balaban J connectivity index is 2.76. The van der Waals surface area contributed by atoms with E-state index in [1.165, 1.54) is 14.2 Å². The second-order valence-corrected chi connectivity index (χ2v) is 4.33. The molecule has 0 aliphatic rings. The monoisotopic (exact) mass is 286 g/mol. The maximum Gasteiger partial charge on any atom is 0.319 e. The van der Waals surface area contributed by atoms with Gasteiger partial charge >= 0.3 is 6.03 Å². The predicted molar refractivity (Wildman–Crippen MR) is 76.5 cm³/mol. The van der Waals surface area contributed by atoms with Crippen molar-refractivity contribution >= 4 is 23.3 Å². The van der Waals surface area contributed by atoms with Crippen molar-refractivity contribution in [3.63, 3.8) is 0 Å². The van der Waals surface area contributed by atoms with Crippen LogP contribution >= 0.6 is 11.6 Å². The minimum absolute atomic E-state index is 0.284. The van der Waals surface area contributed by atoms with Crippen molar-refractivity contribution in [2.45, 2.75) is 19.8 Å². The topological polar surface area (TPSA) is 59.6 Å². The van der Waals surface area contributed by atoms with Crippen molar-refractivity contribution in [1.29, 1.82) is 0 Å². The maximum atomic E-state index is 11.7. The summed E-state index contributed by atoms with van der Waals surface area (Å²) in [6, 6.07) is 2.94. The molecule has 0 aromatic heterocycles. The lowest BCUT2D eigenvalue weighted by Crippen LogP contribution is -2.29. The highest BCUT2D eigenvalue weighted by Crippen LogP contribution is 2.35. The molecule has 0 fully saturated rings. The first-order valence-electron chi connectivity index (χ1n) is 6.08. The normalized spacial score (nSPS) is 9.89. The van der Waals surface area contributed by atoms with E-state index in [-0.39, 0.29) is 6.03 Å². The van der Waals surface area contributed by atoms with Gasteiger partial charge in [-0.05, 0) is 12.5 Å². The molecule has 0 aliphatic heterocycles. The van der Waals surface area contributed by atoms with Crippen molar-refractivity contribution in [2.24, 2.45) is 0 Å². The lowest BCUT2D eigenvalue weighted by atomic mass is 10.2. The molecule has 1 aromatic rings. The Hall–Kier alpha value is -1.62. The molecular formula is C13H19ClN2O3. The zero-order chi connectivity index (χ0) is 14.3. The molecule has 0 radical (unpaired) electrons. The molecule has 1 rings (SSSR count). The molecular weight excluding hydrogens is 268 g/mol. The van der Waals surface area contributed by atoms with Gasteiger partial charge in [0.05, 0.1) is 24.9 Å². The van der Waals surface area contributed by atoms with Crippen LogP contribution in [0, 0.1) is 0 Å². The van der Waals surface area contributed by atoms with E-state index in [0.717, 1.165) is 12.8 Å². The fourth-order valence-electron chi connectivity index (χ4n) is 1.50. The average molecular weight is 287 g/mol. The minimum atomic E-state index is -0.284. The number of urea groups is 1. The molecule has 19 heavy (non-hydrogen) atoms. The molecule has 1 aromatic carbocycles. The molecule has 2 amide bonds. The van der Waals surface area contributed by atoms with Crippen molar-refractivity contribution < 1.29 is 14.3 Å². The molecule has 0 spiro atoms. The smallest absolute Gasteiger partial charge is 0.319 e. The Morgan fingerprint density at radius 1 is 1.26 bits per heavy atom. The first kappa shape index (κ1) is 15.4. The van der Waals surface area contributed by atoms with Gasteiger partial charge in [-0.15, -0.1) is 0 Å². The number of hydrogen-bond acceptors (Lipinski definition) is 3. The van der Waals surface area contributed by atoms with Crippen LogP contribution in [0.15, 0.2) is 12.1 Å². The van der Waals surface area contributed by atoms with Gasteiger partial charge in [-0.25, -0.2) is 4.79 Å². The van der Waals surface area contributed by atoms with E-state index < -0.39 is 0 Å². The standard InChI is InChI=1S/C13H19ClN2O3/c1-4-5-6-15-13(17)16-10-7-9(14)11(18-2)8-12(10)19-3/h7-8H,4-6H2,1-3H3,(H2,15,16,17). The van der Waals surface area contributed by atoms with Crippen LogP contribution in [-0.4, -0.2) is 26.8 Å². The van der Waals surface area contributed by atoms with Crippen LogP contribution in [0.5, 0.6) is 11.5 Å². The van der Waals surface area contributed by atoms with Gasteiger partial charge in [0.25, 0.3) is 0 Å². The fourth-order valence-corrected chi connectivity index (χ4v) is 1.74. The zero-order valence-corrected chi connectivity index (χ0v) is 12.1. The summed E-state index contributed by atoms with van der Waals surface area (Å²) in [5.74, 6) is 0.988. The van der Waals surface area contributed by atoms with Crippen molar-refractivity contribution in [3.05, 3.63) is 17.2 Å². The molecule has 0 saturated heterocycles. The third-order valence-corrected chi connectivity index (χ3v) is 2.83. The van der Waals surface area contributed by atoms with Gasteiger partial charge in [-0.3, -0.25) is 0 Å². The van der Waals surface area contributed by atoms with Gasteiger partial charge in [0, 0.05) is 12.6 Å². The summed E-state index contributed by atoms with van der Waals surface area (Å²) in [5, 5.41) is 5.86. The van der Waals surface area contributed by atoms with Crippen molar-refractivity contribution in [3.8, 4) is 11.5 Å². The highest BCUT2D eigenvalue weighted by molar-refractivity contribution is 6.32. The Morgan fingerprint density at radius 3 is 2.53 bits per heavy atom. The predicted octanol–water partition coefficient (Wildman–Crippen LogP) is 3.28. The molecule has 5 nitrogen and oxygen atoms in total. The molecule has 0 saturated carbocycles. The largest absolute Gasteiger partial charge is 0.495 e. The Kier molecular flexibility index (Phi) is 6.29. The number of amides is 2. The summed E-state index contributed by atoms with van der Waals surface area (Å²) >= 11 is 6.02. The molecule has 0 aliphatic carbocycles.